The van der Waals surface area contributed by atoms with Gasteiger partial charge in [0.05, 0.1) is 20.2 Å². The molecule has 0 fully saturated rings. The molecule has 0 aliphatic rings. The van der Waals surface area contributed by atoms with Crippen LogP contribution in [0.5, 0.6) is 5.75 Å². The van der Waals surface area contributed by atoms with Gasteiger partial charge in [-0.15, -0.1) is 24.0 Å². The summed E-state index contributed by atoms with van der Waals surface area (Å²) in [6.45, 7) is 5.60. The van der Waals surface area contributed by atoms with E-state index in [1.807, 2.05) is 32.0 Å². The number of ether oxygens (including phenoxy) is 1. The van der Waals surface area contributed by atoms with Gasteiger partial charge >= 0.3 is 0 Å². The smallest absolute Gasteiger partial charge is 0.284 e. The maximum atomic E-state index is 11.1. The Morgan fingerprint density at radius 2 is 2.04 bits per heavy atom. The quantitative estimate of drug-likeness (QED) is 0.327. The van der Waals surface area contributed by atoms with Gasteiger partial charge in [0.1, 0.15) is 11.5 Å². The molecule has 1 aromatic carbocycles. The predicted octanol–water partition coefficient (Wildman–Crippen LogP) is 2.57. The van der Waals surface area contributed by atoms with E-state index in [4.69, 9.17) is 14.9 Å². The second-order valence-corrected chi connectivity index (χ2v) is 5.49. The Bertz CT molecular complexity index is 759. The molecule has 1 aromatic heterocycles. The van der Waals surface area contributed by atoms with Crippen LogP contribution in [0.1, 0.15) is 34.4 Å². The lowest BCUT2D eigenvalue weighted by molar-refractivity contribution is 0.0972. The van der Waals surface area contributed by atoms with Crippen molar-refractivity contribution in [2.45, 2.75) is 26.9 Å². The van der Waals surface area contributed by atoms with E-state index in [1.54, 1.807) is 19.2 Å². The molecule has 2 rings (SSSR count). The summed E-state index contributed by atoms with van der Waals surface area (Å²) < 4.78 is 10.8. The first-order chi connectivity index (χ1) is 12.0. The summed E-state index contributed by atoms with van der Waals surface area (Å²) >= 11 is 0. The molecular weight excluding hydrogens is 447 g/mol. The molecule has 0 saturated heterocycles. The third-order valence-electron chi connectivity index (χ3n) is 3.53. The monoisotopic (exact) mass is 472 g/mol. The molecule has 26 heavy (non-hydrogen) atoms. The molecule has 142 valence electrons. The summed E-state index contributed by atoms with van der Waals surface area (Å²) in [6, 6.07) is 9.29. The van der Waals surface area contributed by atoms with Gasteiger partial charge in [0.2, 0.25) is 0 Å². The van der Waals surface area contributed by atoms with Crippen molar-refractivity contribution in [3.63, 3.8) is 0 Å². The number of nitrogens with one attached hydrogen (secondary N) is 2. The summed E-state index contributed by atoms with van der Waals surface area (Å²) in [6.07, 6.45) is 0. The van der Waals surface area contributed by atoms with Crippen molar-refractivity contribution < 1.29 is 13.9 Å². The third kappa shape index (κ3) is 6.25. The average molecular weight is 472 g/mol. The Kier molecular flexibility index (Phi) is 8.97. The van der Waals surface area contributed by atoms with Crippen LogP contribution in [0.2, 0.25) is 0 Å². The minimum atomic E-state index is -0.585. The number of amides is 1. The number of furan rings is 1. The van der Waals surface area contributed by atoms with Crippen molar-refractivity contribution in [2.75, 3.05) is 13.7 Å². The van der Waals surface area contributed by atoms with Gasteiger partial charge < -0.3 is 25.5 Å². The zero-order valence-electron chi connectivity index (χ0n) is 15.2. The van der Waals surface area contributed by atoms with Crippen LogP contribution in [-0.2, 0) is 13.1 Å². The minimum Gasteiger partial charge on any atom is -0.496 e. The van der Waals surface area contributed by atoms with Crippen LogP contribution in [0.25, 0.3) is 0 Å². The van der Waals surface area contributed by atoms with E-state index < -0.39 is 5.91 Å². The number of aryl methyl sites for hydroxylation is 1. The largest absolute Gasteiger partial charge is 0.496 e. The van der Waals surface area contributed by atoms with Gasteiger partial charge in [0, 0.05) is 12.1 Å². The molecule has 1 amide bonds. The maximum absolute atomic E-state index is 11.1. The number of primary amides is 1. The molecule has 2 aromatic rings. The number of aliphatic imine (C=N–C) groups is 1. The number of guanidine groups is 1. The molecule has 0 bridgehead atoms. The number of carbonyl (C=O) groups is 1. The van der Waals surface area contributed by atoms with Crippen LogP contribution in [0.3, 0.4) is 0 Å². The molecule has 0 saturated carbocycles. The van der Waals surface area contributed by atoms with Crippen molar-refractivity contribution in [2.24, 2.45) is 10.7 Å². The van der Waals surface area contributed by atoms with Crippen LogP contribution in [0.4, 0.5) is 0 Å². The first kappa shape index (κ1) is 21.8. The Labute approximate surface area is 170 Å². The molecule has 0 atom stereocenters. The number of hydrogen-bond acceptors (Lipinski definition) is 4. The molecule has 8 heteroatoms. The first-order valence-corrected chi connectivity index (χ1v) is 8.07. The van der Waals surface area contributed by atoms with Crippen molar-refractivity contribution in [1.82, 2.24) is 10.6 Å². The fourth-order valence-electron chi connectivity index (χ4n) is 2.26. The topological polar surface area (TPSA) is 102 Å². The van der Waals surface area contributed by atoms with Gasteiger partial charge in [-0.2, -0.15) is 0 Å². The van der Waals surface area contributed by atoms with Crippen molar-refractivity contribution >= 4 is 35.8 Å². The van der Waals surface area contributed by atoms with Gasteiger partial charge in [-0.05, 0) is 37.6 Å². The summed E-state index contributed by atoms with van der Waals surface area (Å²) in [7, 11) is 1.65. The number of carbonyl (C=O) groups excluding carboxylic acids is 1. The van der Waals surface area contributed by atoms with Crippen LogP contribution in [0, 0.1) is 6.92 Å². The molecule has 0 spiro atoms. The lowest BCUT2D eigenvalue weighted by Gasteiger charge is -2.11. The van der Waals surface area contributed by atoms with Crippen LogP contribution in [-0.4, -0.2) is 25.5 Å². The van der Waals surface area contributed by atoms with Gasteiger partial charge in [0.25, 0.3) is 5.91 Å². The molecule has 0 aliphatic heterocycles. The Morgan fingerprint density at radius 3 is 2.65 bits per heavy atom. The highest BCUT2D eigenvalue weighted by atomic mass is 127. The Hall–Kier alpha value is -2.23. The van der Waals surface area contributed by atoms with Gasteiger partial charge in [-0.25, -0.2) is 4.99 Å². The van der Waals surface area contributed by atoms with E-state index in [9.17, 15) is 4.79 Å². The number of halogens is 1. The van der Waals surface area contributed by atoms with Gasteiger partial charge in [-0.1, -0.05) is 12.1 Å². The third-order valence-corrected chi connectivity index (χ3v) is 3.53. The van der Waals surface area contributed by atoms with Gasteiger partial charge in [-0.3, -0.25) is 4.79 Å². The van der Waals surface area contributed by atoms with E-state index in [1.165, 1.54) is 0 Å². The highest BCUT2D eigenvalue weighted by Gasteiger charge is 2.08. The summed E-state index contributed by atoms with van der Waals surface area (Å²) in [5.41, 5.74) is 7.32. The minimum absolute atomic E-state index is 0. The first-order valence-electron chi connectivity index (χ1n) is 8.07. The second-order valence-electron chi connectivity index (χ2n) is 5.49. The van der Waals surface area contributed by atoms with Crippen molar-refractivity contribution in [3.8, 4) is 5.75 Å². The van der Waals surface area contributed by atoms with Crippen molar-refractivity contribution in [1.29, 1.82) is 0 Å². The van der Waals surface area contributed by atoms with Crippen LogP contribution >= 0.6 is 24.0 Å². The standard InChI is InChI=1S/C18H24N4O3.HI/c1-4-20-18(22-11-14-7-8-15(25-14)17(19)23)21-10-13-6-5-12(2)9-16(13)24-3;/h5-9H,4,10-11H2,1-3H3,(H2,19,23)(H2,20,21,22);1H. The van der Waals surface area contributed by atoms with Gasteiger partial charge in [0.15, 0.2) is 11.7 Å². The normalized spacial score (nSPS) is 10.8. The van der Waals surface area contributed by atoms with E-state index in [2.05, 4.69) is 15.6 Å². The number of nitrogens with two attached hydrogens (primary N) is 1. The number of hydrogen-bond donors (Lipinski definition) is 3. The number of rotatable bonds is 7. The lowest BCUT2D eigenvalue weighted by Crippen LogP contribution is -2.36. The number of nitrogens with zero attached hydrogens (tertiary/aromatic N) is 1. The maximum Gasteiger partial charge on any atom is 0.284 e. The van der Waals surface area contributed by atoms with E-state index in [-0.39, 0.29) is 29.7 Å². The Balaban J connectivity index is 0.00000338. The highest BCUT2D eigenvalue weighted by Crippen LogP contribution is 2.20. The molecule has 1 heterocycles. The summed E-state index contributed by atoms with van der Waals surface area (Å²) in [5, 5.41) is 6.33. The predicted molar refractivity (Wildman–Crippen MR) is 112 cm³/mol. The van der Waals surface area contributed by atoms with E-state index in [0.717, 1.165) is 23.4 Å². The van der Waals surface area contributed by atoms with Crippen LogP contribution < -0.4 is 21.1 Å². The fraction of sp³-hybridized carbons (Fsp3) is 0.333. The zero-order chi connectivity index (χ0) is 18.2. The SMILES string of the molecule is CCNC(=NCc1ccc(C)cc1OC)NCc1ccc(C(N)=O)o1.I. The number of benzene rings is 1. The summed E-state index contributed by atoms with van der Waals surface area (Å²) in [4.78, 5) is 15.6. The molecule has 0 radical (unpaired) electrons. The average Bonchev–Trinajstić information content (AvgIpc) is 3.07. The molecule has 0 aliphatic carbocycles. The highest BCUT2D eigenvalue weighted by molar-refractivity contribution is 14.0. The van der Waals surface area contributed by atoms with Crippen molar-refractivity contribution in [3.05, 3.63) is 53.0 Å². The fourth-order valence-corrected chi connectivity index (χ4v) is 2.26. The zero-order valence-corrected chi connectivity index (χ0v) is 17.5. The molecule has 0 unspecified atom stereocenters. The van der Waals surface area contributed by atoms with E-state index >= 15 is 0 Å². The van der Waals surface area contributed by atoms with E-state index in [0.29, 0.717) is 24.8 Å². The summed E-state index contributed by atoms with van der Waals surface area (Å²) in [5.74, 6) is 1.62. The second kappa shape index (κ2) is 10.7. The lowest BCUT2D eigenvalue weighted by atomic mass is 10.1. The Morgan fingerprint density at radius 1 is 1.27 bits per heavy atom. The number of methoxy groups -OCH3 is 1. The van der Waals surface area contributed by atoms with Crippen LogP contribution in [0.15, 0.2) is 39.7 Å². The molecular formula is C18H25IN4O3. The molecule has 7 nitrogen and oxygen atoms in total. The molecule has 4 N–H and O–H groups in total.